The summed E-state index contributed by atoms with van der Waals surface area (Å²) >= 11 is 0. The van der Waals surface area contributed by atoms with Crippen LogP contribution < -0.4 is 5.32 Å². The highest BCUT2D eigenvalue weighted by atomic mass is 19.1. The molecule has 0 fully saturated rings. The second-order valence-electron chi connectivity index (χ2n) is 5.21. The molecule has 0 heterocycles. The number of ether oxygens (including phenoxy) is 1. The van der Waals surface area contributed by atoms with Gasteiger partial charge < -0.3 is 10.1 Å². The summed E-state index contributed by atoms with van der Waals surface area (Å²) in [5.41, 5.74) is -0.698. The minimum Gasteiger partial charge on any atom is -0.444 e. The molecule has 0 bridgehead atoms. The molecule has 0 unspecified atom stereocenters. The van der Waals surface area contributed by atoms with E-state index in [9.17, 15) is 14.0 Å². The monoisotopic (exact) mass is 267 g/mol. The topological polar surface area (TPSA) is 55.4 Å². The van der Waals surface area contributed by atoms with E-state index in [1.54, 1.807) is 26.8 Å². The number of alkyl carbamates (subject to hydrolysis) is 1. The van der Waals surface area contributed by atoms with Crippen LogP contribution in [0, 0.1) is 5.82 Å². The van der Waals surface area contributed by atoms with Crippen molar-refractivity contribution in [2.24, 2.45) is 0 Å². The van der Waals surface area contributed by atoms with Crippen LogP contribution in [0.3, 0.4) is 0 Å². The van der Waals surface area contributed by atoms with Gasteiger partial charge in [-0.3, -0.25) is 4.79 Å². The normalized spacial score (nSPS) is 12.7. The Kier molecular flexibility index (Phi) is 4.64. The zero-order chi connectivity index (χ0) is 14.6. The highest BCUT2D eigenvalue weighted by Crippen LogP contribution is 2.11. The molecule has 1 atom stereocenters. The van der Waals surface area contributed by atoms with Crippen molar-refractivity contribution in [1.82, 2.24) is 5.32 Å². The number of benzene rings is 1. The SMILES string of the molecule is C[C@H](NC(=O)OC(C)(C)C)C(=O)c1ccccc1F. The Morgan fingerprint density at radius 2 is 1.84 bits per heavy atom. The van der Waals surface area contributed by atoms with E-state index in [0.717, 1.165) is 0 Å². The van der Waals surface area contributed by atoms with E-state index in [4.69, 9.17) is 4.74 Å². The Balaban J connectivity index is 2.69. The first-order valence-corrected chi connectivity index (χ1v) is 5.99. The van der Waals surface area contributed by atoms with E-state index >= 15 is 0 Å². The molecular formula is C14H18FNO3. The second-order valence-corrected chi connectivity index (χ2v) is 5.21. The fourth-order valence-corrected chi connectivity index (χ4v) is 1.44. The largest absolute Gasteiger partial charge is 0.444 e. The van der Waals surface area contributed by atoms with E-state index < -0.39 is 29.3 Å². The Labute approximate surface area is 112 Å². The number of carbonyl (C=O) groups is 2. The maximum atomic E-state index is 13.4. The molecule has 4 nitrogen and oxygen atoms in total. The number of hydrogen-bond acceptors (Lipinski definition) is 3. The lowest BCUT2D eigenvalue weighted by atomic mass is 10.1. The fraction of sp³-hybridized carbons (Fsp3) is 0.429. The molecule has 0 aliphatic heterocycles. The van der Waals surface area contributed by atoms with Gasteiger partial charge >= 0.3 is 6.09 Å². The van der Waals surface area contributed by atoms with E-state index in [0.29, 0.717) is 0 Å². The molecule has 19 heavy (non-hydrogen) atoms. The van der Waals surface area contributed by atoms with E-state index in [-0.39, 0.29) is 5.56 Å². The van der Waals surface area contributed by atoms with Crippen molar-refractivity contribution < 1.29 is 18.7 Å². The Morgan fingerprint density at radius 3 is 2.37 bits per heavy atom. The van der Waals surface area contributed by atoms with Gasteiger partial charge in [0, 0.05) is 0 Å². The molecule has 1 N–H and O–H groups in total. The van der Waals surface area contributed by atoms with E-state index in [1.165, 1.54) is 25.1 Å². The van der Waals surface area contributed by atoms with Crippen molar-refractivity contribution in [3.05, 3.63) is 35.6 Å². The van der Waals surface area contributed by atoms with Crippen molar-refractivity contribution in [3.63, 3.8) is 0 Å². The molecular weight excluding hydrogens is 249 g/mol. The molecule has 1 aromatic rings. The number of halogens is 1. The third-order valence-electron chi connectivity index (χ3n) is 2.27. The summed E-state index contributed by atoms with van der Waals surface area (Å²) in [7, 11) is 0. The zero-order valence-corrected chi connectivity index (χ0v) is 11.5. The molecule has 5 heteroatoms. The van der Waals surface area contributed by atoms with Crippen molar-refractivity contribution in [1.29, 1.82) is 0 Å². The summed E-state index contributed by atoms with van der Waals surface area (Å²) in [6, 6.07) is 4.79. The number of Topliss-reactive ketones (excluding diaryl/α,β-unsaturated/α-hetero) is 1. The summed E-state index contributed by atoms with van der Waals surface area (Å²) in [6.07, 6.45) is -0.704. The van der Waals surface area contributed by atoms with Gasteiger partial charge in [-0.1, -0.05) is 12.1 Å². The van der Waals surface area contributed by atoms with Crippen molar-refractivity contribution in [2.45, 2.75) is 39.3 Å². The summed E-state index contributed by atoms with van der Waals surface area (Å²) in [4.78, 5) is 23.5. The minimum atomic E-state index is -0.855. The third kappa shape index (κ3) is 4.69. The van der Waals surface area contributed by atoms with E-state index in [2.05, 4.69) is 5.32 Å². The number of hydrogen-bond donors (Lipinski definition) is 1. The Morgan fingerprint density at radius 1 is 1.26 bits per heavy atom. The predicted molar refractivity (Wildman–Crippen MR) is 69.6 cm³/mol. The number of carbonyl (C=O) groups excluding carboxylic acids is 2. The molecule has 0 aliphatic carbocycles. The molecule has 0 saturated carbocycles. The highest BCUT2D eigenvalue weighted by Gasteiger charge is 2.23. The number of amides is 1. The predicted octanol–water partition coefficient (Wildman–Crippen LogP) is 2.92. The maximum absolute atomic E-state index is 13.4. The van der Waals surface area contributed by atoms with Crippen molar-refractivity contribution >= 4 is 11.9 Å². The third-order valence-corrected chi connectivity index (χ3v) is 2.27. The van der Waals surface area contributed by atoms with Crippen LogP contribution >= 0.6 is 0 Å². The van der Waals surface area contributed by atoms with Gasteiger partial charge in [-0.2, -0.15) is 0 Å². The Hall–Kier alpha value is -1.91. The molecule has 0 aromatic heterocycles. The zero-order valence-electron chi connectivity index (χ0n) is 11.5. The maximum Gasteiger partial charge on any atom is 0.408 e. The number of nitrogens with one attached hydrogen (secondary N) is 1. The van der Waals surface area contributed by atoms with Gasteiger partial charge in [-0.05, 0) is 39.8 Å². The standard InChI is InChI=1S/C14H18FNO3/c1-9(16-13(18)19-14(2,3)4)12(17)10-7-5-6-8-11(10)15/h5-9H,1-4H3,(H,16,18)/t9-/m0/s1. The summed E-state index contributed by atoms with van der Waals surface area (Å²) < 4.78 is 18.5. The van der Waals surface area contributed by atoms with Gasteiger partial charge in [0.05, 0.1) is 11.6 Å². The average Bonchev–Trinajstić information content (AvgIpc) is 2.26. The smallest absolute Gasteiger partial charge is 0.408 e. The molecule has 0 radical (unpaired) electrons. The van der Waals surface area contributed by atoms with Gasteiger partial charge in [-0.25, -0.2) is 9.18 Å². The molecule has 0 saturated heterocycles. The molecule has 104 valence electrons. The lowest BCUT2D eigenvalue weighted by Gasteiger charge is -2.21. The summed E-state index contributed by atoms with van der Waals surface area (Å²) in [5.74, 6) is -1.10. The van der Waals surface area contributed by atoms with Crippen LogP contribution in [-0.4, -0.2) is 23.5 Å². The lowest BCUT2D eigenvalue weighted by molar-refractivity contribution is 0.0496. The molecule has 0 spiro atoms. The average molecular weight is 267 g/mol. The Bertz CT molecular complexity index is 480. The summed E-state index contributed by atoms with van der Waals surface area (Å²) in [5, 5.41) is 2.38. The lowest BCUT2D eigenvalue weighted by Crippen LogP contribution is -2.41. The number of rotatable bonds is 3. The first-order chi connectivity index (χ1) is 8.70. The van der Waals surface area contributed by atoms with Crippen LogP contribution in [0.25, 0.3) is 0 Å². The van der Waals surface area contributed by atoms with Crippen LogP contribution in [0.1, 0.15) is 38.1 Å². The number of ketones is 1. The molecule has 1 amide bonds. The van der Waals surface area contributed by atoms with Crippen molar-refractivity contribution in [2.75, 3.05) is 0 Å². The van der Waals surface area contributed by atoms with Crippen LogP contribution in [0.4, 0.5) is 9.18 Å². The molecule has 0 aliphatic rings. The van der Waals surface area contributed by atoms with E-state index in [1.807, 2.05) is 0 Å². The van der Waals surface area contributed by atoms with Crippen LogP contribution in [0.2, 0.25) is 0 Å². The minimum absolute atomic E-state index is 0.0499. The first-order valence-electron chi connectivity index (χ1n) is 5.99. The highest BCUT2D eigenvalue weighted by molar-refractivity contribution is 6.01. The first kappa shape index (κ1) is 15.1. The van der Waals surface area contributed by atoms with Gasteiger partial charge in [0.2, 0.25) is 0 Å². The summed E-state index contributed by atoms with van der Waals surface area (Å²) in [6.45, 7) is 6.64. The molecule has 1 rings (SSSR count). The van der Waals surface area contributed by atoms with Gasteiger partial charge in [-0.15, -0.1) is 0 Å². The van der Waals surface area contributed by atoms with Crippen LogP contribution in [-0.2, 0) is 4.74 Å². The van der Waals surface area contributed by atoms with Crippen LogP contribution in [0.15, 0.2) is 24.3 Å². The fourth-order valence-electron chi connectivity index (χ4n) is 1.44. The van der Waals surface area contributed by atoms with Gasteiger partial charge in [0.25, 0.3) is 0 Å². The van der Waals surface area contributed by atoms with Crippen LogP contribution in [0.5, 0.6) is 0 Å². The van der Waals surface area contributed by atoms with Gasteiger partial charge in [0.1, 0.15) is 11.4 Å². The van der Waals surface area contributed by atoms with Crippen molar-refractivity contribution in [3.8, 4) is 0 Å². The quantitative estimate of drug-likeness (QED) is 0.857. The van der Waals surface area contributed by atoms with Gasteiger partial charge in [0.15, 0.2) is 5.78 Å². The second kappa shape index (κ2) is 5.82. The molecule has 1 aromatic carbocycles.